The Morgan fingerprint density at radius 1 is 1.00 bits per heavy atom. The maximum absolute atomic E-state index is 13.9. The highest BCUT2D eigenvalue weighted by molar-refractivity contribution is 6.51. The number of aliphatic hydroxyl groups is 1. The van der Waals surface area contributed by atoms with Crippen molar-refractivity contribution >= 4 is 23.1 Å². The van der Waals surface area contributed by atoms with Crippen LogP contribution in [0.15, 0.2) is 72.4 Å². The van der Waals surface area contributed by atoms with E-state index >= 15 is 0 Å². The molecule has 1 atom stereocenters. The number of anilines is 1. The molecule has 1 aromatic heterocycles. The Kier molecular flexibility index (Phi) is 5.59. The van der Waals surface area contributed by atoms with E-state index in [0.717, 1.165) is 11.0 Å². The number of carbonyl (C=O) groups is 2. The molecule has 162 valence electrons. The van der Waals surface area contributed by atoms with Gasteiger partial charge in [0.15, 0.2) is 11.5 Å². The van der Waals surface area contributed by atoms with E-state index < -0.39 is 29.3 Å². The predicted octanol–water partition coefficient (Wildman–Crippen LogP) is 3.86. The van der Waals surface area contributed by atoms with Gasteiger partial charge in [-0.25, -0.2) is 4.39 Å². The lowest BCUT2D eigenvalue weighted by Crippen LogP contribution is -2.29. The molecule has 1 saturated heterocycles. The summed E-state index contributed by atoms with van der Waals surface area (Å²) in [6.07, 6.45) is 1.51. The van der Waals surface area contributed by atoms with Crippen molar-refractivity contribution in [2.24, 2.45) is 0 Å². The Morgan fingerprint density at radius 2 is 1.78 bits per heavy atom. The van der Waals surface area contributed by atoms with E-state index in [1.165, 1.54) is 44.7 Å². The summed E-state index contributed by atoms with van der Waals surface area (Å²) in [5, 5.41) is 11.1. The minimum atomic E-state index is -1.05. The Morgan fingerprint density at radius 3 is 2.44 bits per heavy atom. The third-order valence-electron chi connectivity index (χ3n) is 5.16. The maximum Gasteiger partial charge on any atom is 0.300 e. The van der Waals surface area contributed by atoms with E-state index in [2.05, 4.69) is 4.98 Å². The van der Waals surface area contributed by atoms with Crippen LogP contribution in [0.4, 0.5) is 10.1 Å². The van der Waals surface area contributed by atoms with Crippen LogP contribution in [0, 0.1) is 5.82 Å². The lowest BCUT2D eigenvalue weighted by Gasteiger charge is -2.24. The molecule has 32 heavy (non-hydrogen) atoms. The predicted molar refractivity (Wildman–Crippen MR) is 115 cm³/mol. The normalized spacial score (nSPS) is 17.5. The number of benzene rings is 2. The van der Waals surface area contributed by atoms with Crippen LogP contribution >= 0.6 is 0 Å². The van der Waals surface area contributed by atoms with Crippen LogP contribution in [0.2, 0.25) is 0 Å². The van der Waals surface area contributed by atoms with Crippen LogP contribution in [0.3, 0.4) is 0 Å². The number of pyridine rings is 1. The van der Waals surface area contributed by atoms with Crippen LogP contribution in [-0.4, -0.2) is 36.0 Å². The largest absolute Gasteiger partial charge is 0.507 e. The molecule has 1 amide bonds. The number of carbonyl (C=O) groups excluding carboxylic acids is 2. The van der Waals surface area contributed by atoms with Crippen molar-refractivity contribution in [3.63, 3.8) is 0 Å². The monoisotopic (exact) mass is 434 g/mol. The molecule has 1 fully saturated rings. The maximum atomic E-state index is 13.9. The zero-order valence-corrected chi connectivity index (χ0v) is 17.3. The molecule has 0 bridgehead atoms. The number of aliphatic hydroxyl groups excluding tert-OH is 1. The summed E-state index contributed by atoms with van der Waals surface area (Å²) in [6.45, 7) is 0. The number of ether oxygens (including phenoxy) is 2. The molecule has 2 aromatic carbocycles. The summed E-state index contributed by atoms with van der Waals surface area (Å²) in [4.78, 5) is 31.5. The molecule has 0 radical (unpaired) electrons. The summed E-state index contributed by atoms with van der Waals surface area (Å²) >= 11 is 0. The third kappa shape index (κ3) is 3.56. The zero-order chi connectivity index (χ0) is 22.8. The fourth-order valence-corrected chi connectivity index (χ4v) is 3.68. The van der Waals surface area contributed by atoms with Crippen molar-refractivity contribution in [3.8, 4) is 11.5 Å². The molecular formula is C24H19FN2O5. The number of ketones is 1. The number of aromatic nitrogens is 1. The lowest BCUT2D eigenvalue weighted by atomic mass is 9.98. The van der Waals surface area contributed by atoms with Gasteiger partial charge >= 0.3 is 0 Å². The van der Waals surface area contributed by atoms with Crippen LogP contribution in [0.5, 0.6) is 11.5 Å². The first-order valence-corrected chi connectivity index (χ1v) is 9.66. The standard InChI is InChI=1S/C24H19FN2O5/c1-31-18-10-9-14(12-19(18)32-2)22(28)20-21(17-8-3-4-11-26-17)27(24(30)23(20)29)16-7-5-6-15(25)13-16/h3-13,21,28H,1-2H3/b22-20+. The summed E-state index contributed by atoms with van der Waals surface area (Å²) in [7, 11) is 2.92. The van der Waals surface area contributed by atoms with E-state index in [4.69, 9.17) is 9.47 Å². The minimum absolute atomic E-state index is 0.162. The van der Waals surface area contributed by atoms with Gasteiger partial charge in [-0.1, -0.05) is 12.1 Å². The summed E-state index contributed by atoms with van der Waals surface area (Å²) in [5.41, 5.74) is 0.609. The first-order valence-electron chi connectivity index (χ1n) is 9.66. The second-order valence-electron chi connectivity index (χ2n) is 6.97. The number of Topliss-reactive ketones (excluding diaryl/α,β-unsaturated/α-hetero) is 1. The fourth-order valence-electron chi connectivity index (χ4n) is 3.68. The summed E-state index contributed by atoms with van der Waals surface area (Å²) in [5.74, 6) is -2.00. The molecule has 7 nitrogen and oxygen atoms in total. The Labute approximate surface area is 183 Å². The summed E-state index contributed by atoms with van der Waals surface area (Å²) in [6, 6.07) is 13.9. The van der Waals surface area contributed by atoms with Crippen LogP contribution in [-0.2, 0) is 9.59 Å². The molecule has 0 spiro atoms. The number of amides is 1. The third-order valence-corrected chi connectivity index (χ3v) is 5.16. The van der Waals surface area contributed by atoms with Crippen LogP contribution in [0.1, 0.15) is 17.3 Å². The molecular weight excluding hydrogens is 415 g/mol. The number of hydrogen-bond donors (Lipinski definition) is 1. The smallest absolute Gasteiger partial charge is 0.300 e. The van der Waals surface area contributed by atoms with Gasteiger partial charge in [0, 0.05) is 17.4 Å². The molecule has 8 heteroatoms. The van der Waals surface area contributed by atoms with E-state index in [-0.39, 0.29) is 16.8 Å². The topological polar surface area (TPSA) is 89.0 Å². The Hall–Kier alpha value is -4.20. The van der Waals surface area contributed by atoms with E-state index in [1.54, 1.807) is 30.3 Å². The SMILES string of the molecule is COc1ccc(/C(O)=C2\C(=O)C(=O)N(c3cccc(F)c3)C2c2ccccn2)cc1OC. The van der Waals surface area contributed by atoms with E-state index in [9.17, 15) is 19.1 Å². The number of halogens is 1. The van der Waals surface area contributed by atoms with Crippen molar-refractivity contribution in [3.05, 3.63) is 89.5 Å². The molecule has 0 aliphatic carbocycles. The van der Waals surface area contributed by atoms with Crippen LogP contribution < -0.4 is 14.4 Å². The van der Waals surface area contributed by atoms with Gasteiger partial charge < -0.3 is 14.6 Å². The molecule has 1 aliphatic heterocycles. The van der Waals surface area contributed by atoms with Gasteiger partial charge in [0.2, 0.25) is 0 Å². The van der Waals surface area contributed by atoms with Gasteiger partial charge in [-0.05, 0) is 48.5 Å². The van der Waals surface area contributed by atoms with Gasteiger partial charge in [-0.2, -0.15) is 0 Å². The van der Waals surface area contributed by atoms with Crippen molar-refractivity contribution in [2.75, 3.05) is 19.1 Å². The summed E-state index contributed by atoms with van der Waals surface area (Å²) < 4.78 is 24.4. The molecule has 1 aliphatic rings. The highest BCUT2D eigenvalue weighted by atomic mass is 19.1. The van der Waals surface area contributed by atoms with E-state index in [0.29, 0.717) is 17.2 Å². The number of rotatable bonds is 5. The average Bonchev–Trinajstić information content (AvgIpc) is 3.09. The number of methoxy groups -OCH3 is 2. The quantitative estimate of drug-likeness (QED) is 0.373. The second-order valence-corrected chi connectivity index (χ2v) is 6.97. The van der Waals surface area contributed by atoms with Crippen molar-refractivity contribution in [1.82, 2.24) is 4.98 Å². The zero-order valence-electron chi connectivity index (χ0n) is 17.3. The Balaban J connectivity index is 1.93. The molecule has 3 aromatic rings. The second kappa shape index (κ2) is 8.50. The first kappa shape index (κ1) is 21.0. The fraction of sp³-hybridized carbons (Fsp3) is 0.125. The molecule has 2 heterocycles. The molecule has 1 N–H and O–H groups in total. The van der Waals surface area contributed by atoms with Crippen LogP contribution in [0.25, 0.3) is 5.76 Å². The first-order chi connectivity index (χ1) is 15.5. The van der Waals surface area contributed by atoms with Crippen molar-refractivity contribution < 1.29 is 28.6 Å². The minimum Gasteiger partial charge on any atom is -0.507 e. The highest BCUT2D eigenvalue weighted by Crippen LogP contribution is 2.42. The average molecular weight is 434 g/mol. The highest BCUT2D eigenvalue weighted by Gasteiger charge is 2.47. The van der Waals surface area contributed by atoms with Gasteiger partial charge in [0.05, 0.1) is 25.5 Å². The molecule has 1 unspecified atom stereocenters. The number of hydrogen-bond acceptors (Lipinski definition) is 6. The van der Waals surface area contributed by atoms with Crippen molar-refractivity contribution in [2.45, 2.75) is 6.04 Å². The van der Waals surface area contributed by atoms with Gasteiger partial charge in [0.1, 0.15) is 17.6 Å². The molecule has 4 rings (SSSR count). The van der Waals surface area contributed by atoms with Crippen molar-refractivity contribution in [1.29, 1.82) is 0 Å². The number of nitrogens with zero attached hydrogens (tertiary/aromatic N) is 2. The van der Waals surface area contributed by atoms with Gasteiger partial charge in [0.25, 0.3) is 11.7 Å². The van der Waals surface area contributed by atoms with Gasteiger partial charge in [-0.15, -0.1) is 0 Å². The Bertz CT molecular complexity index is 1230. The molecule has 0 saturated carbocycles. The lowest BCUT2D eigenvalue weighted by molar-refractivity contribution is -0.132. The van der Waals surface area contributed by atoms with Gasteiger partial charge in [-0.3, -0.25) is 19.5 Å². The van der Waals surface area contributed by atoms with E-state index in [1.807, 2.05) is 0 Å².